The molecular weight excluding hydrogens is 273 g/mol. The first kappa shape index (κ1) is 12.9. The van der Waals surface area contributed by atoms with Crippen molar-refractivity contribution in [3.05, 3.63) is 60.3 Å². The van der Waals surface area contributed by atoms with Crippen LogP contribution >= 0.6 is 11.3 Å². The minimum atomic E-state index is -0.371. The van der Waals surface area contributed by atoms with Crippen LogP contribution in [0.15, 0.2) is 48.8 Å². The molecule has 2 N–H and O–H groups in total. The SMILES string of the molecule is NCc1nc(-c2ccncc2F)sc1-c1ccccc1. The number of benzene rings is 1. The Bertz CT molecular complexity index is 725. The lowest BCUT2D eigenvalue weighted by molar-refractivity contribution is 0.625. The number of pyridine rings is 1. The molecule has 3 rings (SSSR count). The number of aromatic nitrogens is 2. The summed E-state index contributed by atoms with van der Waals surface area (Å²) in [7, 11) is 0. The summed E-state index contributed by atoms with van der Waals surface area (Å²) in [5, 5.41) is 0.629. The molecule has 3 nitrogen and oxygen atoms in total. The average Bonchev–Trinajstić information content (AvgIpc) is 2.92. The molecule has 0 radical (unpaired) electrons. The van der Waals surface area contributed by atoms with Crippen LogP contribution in [0.25, 0.3) is 21.0 Å². The van der Waals surface area contributed by atoms with Gasteiger partial charge in [-0.25, -0.2) is 9.37 Å². The van der Waals surface area contributed by atoms with Crippen molar-refractivity contribution in [2.24, 2.45) is 5.73 Å². The first-order chi connectivity index (χ1) is 9.79. The summed E-state index contributed by atoms with van der Waals surface area (Å²) in [6.07, 6.45) is 2.76. The normalized spacial score (nSPS) is 10.7. The van der Waals surface area contributed by atoms with Crippen LogP contribution in [0.5, 0.6) is 0 Å². The highest BCUT2D eigenvalue weighted by atomic mass is 32.1. The Hall–Kier alpha value is -2.11. The van der Waals surface area contributed by atoms with Crippen LogP contribution in [0, 0.1) is 5.82 Å². The van der Waals surface area contributed by atoms with E-state index in [0.29, 0.717) is 17.1 Å². The van der Waals surface area contributed by atoms with Gasteiger partial charge in [-0.15, -0.1) is 11.3 Å². The van der Waals surface area contributed by atoms with Gasteiger partial charge in [0.1, 0.15) is 5.01 Å². The molecule has 0 saturated heterocycles. The van der Waals surface area contributed by atoms with Crippen LogP contribution in [-0.4, -0.2) is 9.97 Å². The van der Waals surface area contributed by atoms with Gasteiger partial charge < -0.3 is 5.73 Å². The van der Waals surface area contributed by atoms with Crippen molar-refractivity contribution in [3.63, 3.8) is 0 Å². The third-order valence-corrected chi connectivity index (χ3v) is 4.11. The maximum absolute atomic E-state index is 13.8. The van der Waals surface area contributed by atoms with E-state index >= 15 is 0 Å². The maximum Gasteiger partial charge on any atom is 0.151 e. The molecule has 1 aromatic carbocycles. The molecule has 100 valence electrons. The summed E-state index contributed by atoms with van der Waals surface area (Å²) >= 11 is 1.45. The topological polar surface area (TPSA) is 51.8 Å². The molecule has 0 atom stereocenters. The zero-order chi connectivity index (χ0) is 13.9. The molecule has 0 fully saturated rings. The van der Waals surface area contributed by atoms with E-state index in [4.69, 9.17) is 5.73 Å². The van der Waals surface area contributed by atoms with E-state index in [1.165, 1.54) is 17.5 Å². The van der Waals surface area contributed by atoms with Gasteiger partial charge in [-0.2, -0.15) is 0 Å². The first-order valence-corrected chi connectivity index (χ1v) is 6.96. The second-order valence-electron chi connectivity index (χ2n) is 4.22. The van der Waals surface area contributed by atoms with Gasteiger partial charge in [0.2, 0.25) is 0 Å². The molecule has 0 saturated carbocycles. The van der Waals surface area contributed by atoms with Crippen LogP contribution in [0.3, 0.4) is 0 Å². The van der Waals surface area contributed by atoms with Gasteiger partial charge in [0.05, 0.1) is 16.8 Å². The average molecular weight is 285 g/mol. The van der Waals surface area contributed by atoms with Crippen molar-refractivity contribution >= 4 is 11.3 Å². The quantitative estimate of drug-likeness (QED) is 0.801. The van der Waals surface area contributed by atoms with Crippen LogP contribution in [0.2, 0.25) is 0 Å². The van der Waals surface area contributed by atoms with Gasteiger partial charge in [-0.05, 0) is 11.6 Å². The summed E-state index contributed by atoms with van der Waals surface area (Å²) in [6.45, 7) is 0.327. The smallest absolute Gasteiger partial charge is 0.151 e. The third kappa shape index (κ3) is 2.33. The molecule has 2 heterocycles. The highest BCUT2D eigenvalue weighted by Gasteiger charge is 2.15. The fourth-order valence-electron chi connectivity index (χ4n) is 1.97. The molecule has 3 aromatic rings. The van der Waals surface area contributed by atoms with Crippen molar-refractivity contribution in [1.82, 2.24) is 9.97 Å². The van der Waals surface area contributed by atoms with E-state index in [0.717, 1.165) is 16.1 Å². The number of rotatable bonds is 3. The molecule has 0 spiro atoms. The van der Waals surface area contributed by atoms with Gasteiger partial charge >= 0.3 is 0 Å². The van der Waals surface area contributed by atoms with Crippen molar-refractivity contribution < 1.29 is 4.39 Å². The lowest BCUT2D eigenvalue weighted by Gasteiger charge is -1.98. The standard InChI is InChI=1S/C15H12FN3S/c16-12-9-18-7-6-11(12)15-19-13(8-17)14(20-15)10-4-2-1-3-5-10/h1-7,9H,8,17H2. The highest BCUT2D eigenvalue weighted by molar-refractivity contribution is 7.18. The number of thiazole rings is 1. The largest absolute Gasteiger partial charge is 0.325 e. The van der Waals surface area contributed by atoms with E-state index in [-0.39, 0.29) is 5.82 Å². The minimum Gasteiger partial charge on any atom is -0.325 e. The van der Waals surface area contributed by atoms with Crippen molar-refractivity contribution in [2.75, 3.05) is 0 Å². The third-order valence-electron chi connectivity index (χ3n) is 2.93. The Kier molecular flexibility index (Phi) is 3.54. The fourth-order valence-corrected chi connectivity index (χ4v) is 3.09. The molecule has 0 unspecified atom stereocenters. The molecule has 5 heteroatoms. The predicted molar refractivity (Wildman–Crippen MR) is 78.6 cm³/mol. The van der Waals surface area contributed by atoms with Crippen molar-refractivity contribution in [1.29, 1.82) is 0 Å². The van der Waals surface area contributed by atoms with Crippen molar-refractivity contribution in [2.45, 2.75) is 6.54 Å². The summed E-state index contributed by atoms with van der Waals surface area (Å²) < 4.78 is 13.8. The number of hydrogen-bond acceptors (Lipinski definition) is 4. The molecule has 0 amide bonds. The van der Waals surface area contributed by atoms with E-state index in [9.17, 15) is 4.39 Å². The van der Waals surface area contributed by atoms with E-state index in [1.54, 1.807) is 12.3 Å². The lowest BCUT2D eigenvalue weighted by atomic mass is 10.1. The monoisotopic (exact) mass is 285 g/mol. The van der Waals surface area contributed by atoms with Crippen LogP contribution in [0.4, 0.5) is 4.39 Å². The number of halogens is 1. The second kappa shape index (κ2) is 5.48. The Labute approximate surface area is 119 Å². The van der Waals surface area contributed by atoms with E-state index in [1.807, 2.05) is 30.3 Å². The second-order valence-corrected chi connectivity index (χ2v) is 5.22. The molecule has 2 aromatic heterocycles. The summed E-state index contributed by atoms with van der Waals surface area (Å²) in [4.78, 5) is 9.20. The van der Waals surface area contributed by atoms with Gasteiger partial charge in [0, 0.05) is 18.3 Å². The number of nitrogens with two attached hydrogens (primary N) is 1. The summed E-state index contributed by atoms with van der Waals surface area (Å²) in [6, 6.07) is 11.5. The zero-order valence-corrected chi connectivity index (χ0v) is 11.4. The molecular formula is C15H12FN3S. The molecule has 20 heavy (non-hydrogen) atoms. The lowest BCUT2D eigenvalue weighted by Crippen LogP contribution is -1.98. The van der Waals surface area contributed by atoms with Gasteiger partial charge in [0.25, 0.3) is 0 Å². The van der Waals surface area contributed by atoms with Gasteiger partial charge in [0.15, 0.2) is 5.82 Å². The van der Waals surface area contributed by atoms with Gasteiger partial charge in [-0.3, -0.25) is 4.98 Å². The Morgan fingerprint density at radius 1 is 1.15 bits per heavy atom. The van der Waals surface area contributed by atoms with Gasteiger partial charge in [-0.1, -0.05) is 30.3 Å². The number of nitrogens with zero attached hydrogens (tertiary/aromatic N) is 2. The van der Waals surface area contributed by atoms with Crippen LogP contribution in [-0.2, 0) is 6.54 Å². The van der Waals surface area contributed by atoms with Crippen LogP contribution < -0.4 is 5.73 Å². The predicted octanol–water partition coefficient (Wildman–Crippen LogP) is 3.47. The molecule has 0 aliphatic heterocycles. The Balaban J connectivity index is 2.13. The molecule has 0 aliphatic rings. The zero-order valence-electron chi connectivity index (χ0n) is 10.6. The maximum atomic E-state index is 13.8. The minimum absolute atomic E-state index is 0.327. The molecule has 0 aliphatic carbocycles. The first-order valence-electron chi connectivity index (χ1n) is 6.14. The van der Waals surface area contributed by atoms with Crippen molar-refractivity contribution in [3.8, 4) is 21.0 Å². The van der Waals surface area contributed by atoms with E-state index < -0.39 is 0 Å². The summed E-state index contributed by atoms with van der Waals surface area (Å²) in [5.41, 5.74) is 8.05. The number of hydrogen-bond donors (Lipinski definition) is 1. The molecule has 0 bridgehead atoms. The van der Waals surface area contributed by atoms with Crippen LogP contribution in [0.1, 0.15) is 5.69 Å². The summed E-state index contributed by atoms with van der Waals surface area (Å²) in [5.74, 6) is -0.371. The highest BCUT2D eigenvalue weighted by Crippen LogP contribution is 2.35. The van der Waals surface area contributed by atoms with E-state index in [2.05, 4.69) is 9.97 Å². The fraction of sp³-hybridized carbons (Fsp3) is 0.0667. The Morgan fingerprint density at radius 3 is 2.65 bits per heavy atom. The Morgan fingerprint density at radius 2 is 1.95 bits per heavy atom.